The van der Waals surface area contributed by atoms with Crippen LogP contribution < -0.4 is 16.2 Å². The summed E-state index contributed by atoms with van der Waals surface area (Å²) in [5.74, 6) is -0.702. The lowest BCUT2D eigenvalue weighted by Crippen LogP contribution is -2.52. The molecular weight excluding hydrogens is 474 g/mol. The van der Waals surface area contributed by atoms with Crippen LogP contribution in [0.1, 0.15) is 27.1 Å². The van der Waals surface area contributed by atoms with E-state index in [2.05, 4.69) is 26.1 Å². The molecule has 0 saturated heterocycles. The number of carbonyl (C=O) groups excluding carboxylic acids is 3. The number of para-hydroxylation sites is 1. The quantitative estimate of drug-likeness (QED) is 0.319. The fraction of sp³-hybridized carbons (Fsp3) is 0.148. The Morgan fingerprint density at radius 1 is 0.917 bits per heavy atom. The number of carbonyl (C=O) groups is 3. The van der Waals surface area contributed by atoms with Gasteiger partial charge >= 0.3 is 0 Å². The first-order chi connectivity index (χ1) is 17.6. The molecule has 0 bridgehead atoms. The number of nitrogens with one attached hydrogen (secondary N) is 3. The molecule has 1 atom stereocenters. The van der Waals surface area contributed by atoms with Gasteiger partial charge in [-0.2, -0.15) is 11.8 Å². The second kappa shape index (κ2) is 11.9. The summed E-state index contributed by atoms with van der Waals surface area (Å²) in [6, 6.07) is 20.5. The molecule has 2 aromatic heterocycles. The van der Waals surface area contributed by atoms with E-state index < -0.39 is 17.9 Å². The summed E-state index contributed by atoms with van der Waals surface area (Å²) in [6.45, 7) is 0. The lowest BCUT2D eigenvalue weighted by Gasteiger charge is -2.19. The van der Waals surface area contributed by atoms with Gasteiger partial charge in [0.15, 0.2) is 0 Å². The summed E-state index contributed by atoms with van der Waals surface area (Å²) < 4.78 is 0. The van der Waals surface area contributed by atoms with E-state index >= 15 is 0 Å². The van der Waals surface area contributed by atoms with Crippen molar-refractivity contribution in [2.45, 2.75) is 12.5 Å². The molecule has 0 saturated carbocycles. The molecule has 9 heteroatoms. The lowest BCUT2D eigenvalue weighted by atomic mass is 10.0. The summed E-state index contributed by atoms with van der Waals surface area (Å²) >= 11 is 1.56. The van der Waals surface area contributed by atoms with E-state index in [0.29, 0.717) is 39.9 Å². The molecule has 3 N–H and O–H groups in total. The molecule has 0 spiro atoms. The van der Waals surface area contributed by atoms with Crippen LogP contribution in [-0.2, 0) is 4.79 Å². The van der Waals surface area contributed by atoms with Crippen molar-refractivity contribution < 1.29 is 14.4 Å². The number of nitrogens with zero attached hydrogens (tertiary/aromatic N) is 2. The van der Waals surface area contributed by atoms with Crippen molar-refractivity contribution in [1.29, 1.82) is 0 Å². The largest absolute Gasteiger partial charge is 0.340 e. The number of benzene rings is 2. The standard InChI is InChI=1S/C27H25N5O3S/c1-36-15-13-23(30-25(33)18-8-3-2-4-9-18)27(35)32-31-26(34)21-16-24(19-10-7-14-28-17-19)29-22-12-6-5-11-20(21)22/h2-12,14,16-17,23H,13,15H2,1H3,(H,30,33)(H,31,34)(H,32,35). The Morgan fingerprint density at radius 3 is 2.44 bits per heavy atom. The van der Waals surface area contributed by atoms with Crippen molar-refractivity contribution in [1.82, 2.24) is 26.1 Å². The van der Waals surface area contributed by atoms with Crippen molar-refractivity contribution in [3.63, 3.8) is 0 Å². The van der Waals surface area contributed by atoms with Gasteiger partial charge in [-0.25, -0.2) is 4.98 Å². The molecule has 3 amide bonds. The molecule has 2 aromatic carbocycles. The predicted octanol–water partition coefficient (Wildman–Crippen LogP) is 3.61. The van der Waals surface area contributed by atoms with Gasteiger partial charge in [-0.05, 0) is 54.8 Å². The number of aromatic nitrogens is 2. The maximum atomic E-state index is 13.2. The number of hydrazine groups is 1. The van der Waals surface area contributed by atoms with Crippen LogP contribution in [0.15, 0.2) is 85.2 Å². The second-order valence-electron chi connectivity index (χ2n) is 7.93. The maximum absolute atomic E-state index is 13.2. The van der Waals surface area contributed by atoms with Crippen molar-refractivity contribution in [2.24, 2.45) is 0 Å². The van der Waals surface area contributed by atoms with Crippen molar-refractivity contribution in [3.05, 3.63) is 96.3 Å². The molecule has 0 aliphatic carbocycles. The van der Waals surface area contributed by atoms with Crippen LogP contribution in [0.25, 0.3) is 22.2 Å². The summed E-state index contributed by atoms with van der Waals surface area (Å²) in [7, 11) is 0. The first-order valence-corrected chi connectivity index (χ1v) is 12.7. The number of hydrogen-bond acceptors (Lipinski definition) is 6. The molecule has 8 nitrogen and oxygen atoms in total. The summed E-state index contributed by atoms with van der Waals surface area (Å²) in [5, 5.41) is 3.41. The van der Waals surface area contributed by atoms with Crippen LogP contribution in [-0.4, -0.2) is 45.7 Å². The molecule has 4 rings (SSSR count). The molecule has 0 aliphatic heterocycles. The van der Waals surface area contributed by atoms with Gasteiger partial charge in [-0.1, -0.05) is 36.4 Å². The Kier molecular flexibility index (Phi) is 8.25. The van der Waals surface area contributed by atoms with E-state index in [0.717, 1.165) is 5.56 Å². The van der Waals surface area contributed by atoms with E-state index in [4.69, 9.17) is 0 Å². The second-order valence-corrected chi connectivity index (χ2v) is 8.92. The SMILES string of the molecule is CSCCC(NC(=O)c1ccccc1)C(=O)NNC(=O)c1cc(-c2cccnc2)nc2ccccc12. The summed E-state index contributed by atoms with van der Waals surface area (Å²) in [4.78, 5) is 47.5. The van der Waals surface area contributed by atoms with E-state index in [1.807, 2.05) is 36.6 Å². The molecule has 1 unspecified atom stereocenters. The highest BCUT2D eigenvalue weighted by atomic mass is 32.2. The van der Waals surface area contributed by atoms with E-state index in [1.165, 1.54) is 0 Å². The Labute approximate surface area is 212 Å². The third-order valence-corrected chi connectivity index (χ3v) is 6.13. The van der Waals surface area contributed by atoms with Crippen LogP contribution in [0.2, 0.25) is 0 Å². The van der Waals surface area contributed by atoms with Gasteiger partial charge in [0.1, 0.15) is 6.04 Å². The number of pyridine rings is 2. The van der Waals surface area contributed by atoms with Crippen molar-refractivity contribution >= 4 is 40.4 Å². The smallest absolute Gasteiger partial charge is 0.270 e. The Hall–Kier alpha value is -4.24. The van der Waals surface area contributed by atoms with Crippen LogP contribution in [0.5, 0.6) is 0 Å². The topological polar surface area (TPSA) is 113 Å². The molecular formula is C27H25N5O3S. The van der Waals surface area contributed by atoms with Crippen molar-refractivity contribution in [3.8, 4) is 11.3 Å². The third kappa shape index (κ3) is 6.05. The zero-order valence-corrected chi connectivity index (χ0v) is 20.4. The number of hydrogen-bond donors (Lipinski definition) is 3. The van der Waals surface area contributed by atoms with Gasteiger partial charge in [0, 0.05) is 28.9 Å². The summed E-state index contributed by atoms with van der Waals surface area (Å²) in [6.07, 6.45) is 5.67. The van der Waals surface area contributed by atoms with Gasteiger partial charge < -0.3 is 5.32 Å². The number of amides is 3. The zero-order valence-electron chi connectivity index (χ0n) is 19.6. The van der Waals surface area contributed by atoms with Gasteiger partial charge in [0.2, 0.25) is 0 Å². The molecule has 36 heavy (non-hydrogen) atoms. The predicted molar refractivity (Wildman–Crippen MR) is 141 cm³/mol. The molecule has 0 radical (unpaired) electrons. The first kappa shape index (κ1) is 24.9. The molecule has 0 aliphatic rings. The first-order valence-electron chi connectivity index (χ1n) is 11.3. The fourth-order valence-corrected chi connectivity index (χ4v) is 4.11. The Balaban J connectivity index is 1.51. The van der Waals surface area contributed by atoms with Crippen LogP contribution in [0, 0.1) is 0 Å². The molecule has 2 heterocycles. The summed E-state index contributed by atoms with van der Waals surface area (Å²) in [5.41, 5.74) is 7.78. The van der Waals surface area contributed by atoms with Crippen LogP contribution in [0.4, 0.5) is 0 Å². The molecule has 0 fully saturated rings. The number of fused-ring (bicyclic) bond motifs is 1. The monoisotopic (exact) mass is 499 g/mol. The van der Waals surface area contributed by atoms with Gasteiger partial charge in [-0.15, -0.1) is 0 Å². The van der Waals surface area contributed by atoms with Gasteiger partial charge in [-0.3, -0.25) is 30.2 Å². The maximum Gasteiger partial charge on any atom is 0.270 e. The highest BCUT2D eigenvalue weighted by Gasteiger charge is 2.22. The van der Waals surface area contributed by atoms with E-state index in [1.54, 1.807) is 66.6 Å². The zero-order chi connectivity index (χ0) is 25.3. The van der Waals surface area contributed by atoms with Gasteiger partial charge in [0.05, 0.1) is 16.8 Å². The number of rotatable bonds is 8. The fourth-order valence-electron chi connectivity index (χ4n) is 3.63. The highest BCUT2D eigenvalue weighted by molar-refractivity contribution is 7.98. The van der Waals surface area contributed by atoms with E-state index in [9.17, 15) is 14.4 Å². The van der Waals surface area contributed by atoms with Crippen LogP contribution >= 0.6 is 11.8 Å². The minimum atomic E-state index is -0.814. The minimum absolute atomic E-state index is 0.355. The van der Waals surface area contributed by atoms with Crippen LogP contribution in [0.3, 0.4) is 0 Å². The average Bonchev–Trinajstić information content (AvgIpc) is 2.94. The normalized spacial score (nSPS) is 11.5. The minimum Gasteiger partial charge on any atom is -0.340 e. The van der Waals surface area contributed by atoms with E-state index in [-0.39, 0.29) is 5.91 Å². The Bertz CT molecular complexity index is 1370. The highest BCUT2D eigenvalue weighted by Crippen LogP contribution is 2.24. The molecule has 182 valence electrons. The average molecular weight is 500 g/mol. The third-order valence-electron chi connectivity index (χ3n) is 5.49. The molecule has 4 aromatic rings. The van der Waals surface area contributed by atoms with Crippen molar-refractivity contribution in [2.75, 3.05) is 12.0 Å². The van der Waals surface area contributed by atoms with Gasteiger partial charge in [0.25, 0.3) is 17.7 Å². The lowest BCUT2D eigenvalue weighted by molar-refractivity contribution is -0.123. The Morgan fingerprint density at radius 2 is 1.69 bits per heavy atom. The number of thioether (sulfide) groups is 1.